The molecule has 0 bridgehead atoms. The molecule has 0 aliphatic rings. The lowest BCUT2D eigenvalue weighted by Gasteiger charge is -2.23. The van der Waals surface area contributed by atoms with Crippen molar-refractivity contribution >= 4 is 5.91 Å². The first-order valence-corrected chi connectivity index (χ1v) is 8.27. The molecule has 2 N–H and O–H groups in total. The molecule has 4 heteroatoms. The maximum Gasteiger partial charge on any atom is 0.251 e. The first kappa shape index (κ1) is 18.0. The molecule has 2 rings (SSSR count). The second-order valence-electron chi connectivity index (χ2n) is 6.12. The van der Waals surface area contributed by atoms with Crippen LogP contribution in [0.25, 0.3) is 0 Å². The van der Waals surface area contributed by atoms with E-state index in [0.29, 0.717) is 18.6 Å². The van der Waals surface area contributed by atoms with Crippen molar-refractivity contribution in [2.45, 2.75) is 32.3 Å². The number of ether oxygens (including phenoxy) is 1. The van der Waals surface area contributed by atoms with Crippen LogP contribution in [0.15, 0.2) is 54.6 Å². The lowest BCUT2D eigenvalue weighted by atomic mass is 9.96. The van der Waals surface area contributed by atoms with Crippen LogP contribution in [0, 0.1) is 0 Å². The van der Waals surface area contributed by atoms with Crippen molar-refractivity contribution in [1.29, 1.82) is 0 Å². The fourth-order valence-corrected chi connectivity index (χ4v) is 2.39. The number of rotatable bonds is 8. The molecule has 0 saturated carbocycles. The number of aliphatic hydroxyl groups is 1. The zero-order valence-corrected chi connectivity index (χ0v) is 14.3. The summed E-state index contributed by atoms with van der Waals surface area (Å²) in [4.78, 5) is 12.2. The minimum atomic E-state index is -0.948. The Hall–Kier alpha value is -2.33. The highest BCUT2D eigenvalue weighted by Gasteiger charge is 2.21. The normalized spacial score (nSPS) is 13.1. The van der Waals surface area contributed by atoms with Gasteiger partial charge < -0.3 is 15.2 Å². The van der Waals surface area contributed by atoms with Crippen molar-refractivity contribution in [3.05, 3.63) is 65.7 Å². The summed E-state index contributed by atoms with van der Waals surface area (Å²) >= 11 is 0. The molecule has 0 aromatic heterocycles. The number of benzene rings is 2. The number of carbonyl (C=O) groups is 1. The van der Waals surface area contributed by atoms with Gasteiger partial charge in [-0.25, -0.2) is 0 Å². The zero-order chi connectivity index (χ0) is 17.4. The van der Waals surface area contributed by atoms with Gasteiger partial charge in [0, 0.05) is 12.1 Å². The molecule has 128 valence electrons. The molecule has 0 aliphatic heterocycles. The van der Waals surface area contributed by atoms with E-state index < -0.39 is 5.60 Å². The van der Waals surface area contributed by atoms with Crippen molar-refractivity contribution in [3.8, 4) is 5.75 Å². The van der Waals surface area contributed by atoms with Crippen LogP contribution in [0.2, 0.25) is 0 Å². The van der Waals surface area contributed by atoms with Gasteiger partial charge in [-0.05, 0) is 56.5 Å². The van der Waals surface area contributed by atoms with Gasteiger partial charge in [-0.2, -0.15) is 0 Å². The van der Waals surface area contributed by atoms with Crippen LogP contribution < -0.4 is 10.1 Å². The van der Waals surface area contributed by atoms with Gasteiger partial charge in [0.15, 0.2) is 0 Å². The van der Waals surface area contributed by atoms with Gasteiger partial charge in [0.2, 0.25) is 0 Å². The Bertz CT molecular complexity index is 636. The molecular formula is C20H25NO3. The highest BCUT2D eigenvalue weighted by molar-refractivity contribution is 5.94. The second-order valence-corrected chi connectivity index (χ2v) is 6.12. The van der Waals surface area contributed by atoms with E-state index in [9.17, 15) is 9.90 Å². The topological polar surface area (TPSA) is 58.6 Å². The molecule has 2 aromatic rings. The number of aryl methyl sites for hydroxylation is 1. The molecule has 0 spiro atoms. The van der Waals surface area contributed by atoms with E-state index in [-0.39, 0.29) is 12.5 Å². The van der Waals surface area contributed by atoms with Crippen molar-refractivity contribution < 1.29 is 14.6 Å². The molecule has 0 saturated heterocycles. The molecule has 4 nitrogen and oxygen atoms in total. The summed E-state index contributed by atoms with van der Waals surface area (Å²) in [6.07, 6.45) is 1.35. The molecule has 0 aliphatic carbocycles. The van der Waals surface area contributed by atoms with E-state index in [2.05, 4.69) is 5.32 Å². The van der Waals surface area contributed by atoms with Gasteiger partial charge in [0.1, 0.15) is 5.75 Å². The Kier molecular flexibility index (Phi) is 6.38. The summed E-state index contributed by atoms with van der Waals surface area (Å²) in [5, 5.41) is 13.2. The Morgan fingerprint density at radius 2 is 1.79 bits per heavy atom. The van der Waals surface area contributed by atoms with Crippen molar-refractivity contribution in [2.24, 2.45) is 0 Å². The number of carbonyl (C=O) groups excluding carboxylic acids is 1. The summed E-state index contributed by atoms with van der Waals surface area (Å²) in [6.45, 7) is 4.47. The zero-order valence-electron chi connectivity index (χ0n) is 14.3. The van der Waals surface area contributed by atoms with E-state index in [4.69, 9.17) is 4.74 Å². The third-order valence-corrected chi connectivity index (χ3v) is 3.85. The van der Waals surface area contributed by atoms with Gasteiger partial charge in [-0.15, -0.1) is 0 Å². The smallest absolute Gasteiger partial charge is 0.251 e. The fourth-order valence-electron chi connectivity index (χ4n) is 2.39. The summed E-state index contributed by atoms with van der Waals surface area (Å²) in [6, 6.07) is 17.0. The van der Waals surface area contributed by atoms with Crippen LogP contribution >= 0.6 is 0 Å². The predicted molar refractivity (Wildman–Crippen MR) is 95.3 cm³/mol. The number of hydrogen-bond acceptors (Lipinski definition) is 3. The molecule has 0 fully saturated rings. The third-order valence-electron chi connectivity index (χ3n) is 3.85. The van der Waals surface area contributed by atoms with Crippen LogP contribution in [-0.2, 0) is 6.42 Å². The van der Waals surface area contributed by atoms with Gasteiger partial charge in [0.05, 0.1) is 12.2 Å². The summed E-state index contributed by atoms with van der Waals surface area (Å²) in [5.74, 6) is 0.543. The standard InChI is InChI=1S/C20H25NO3/c1-3-24-18-11-9-17(10-12-18)19(22)21-15-20(2,23)14-13-16-7-5-4-6-8-16/h4-12,23H,3,13-15H2,1-2H3,(H,21,22). The Morgan fingerprint density at radius 1 is 1.12 bits per heavy atom. The lowest BCUT2D eigenvalue weighted by Crippen LogP contribution is -2.41. The van der Waals surface area contributed by atoms with Crippen LogP contribution in [-0.4, -0.2) is 29.8 Å². The molecule has 1 amide bonds. The van der Waals surface area contributed by atoms with Crippen LogP contribution in [0.3, 0.4) is 0 Å². The fraction of sp³-hybridized carbons (Fsp3) is 0.350. The van der Waals surface area contributed by atoms with Crippen LogP contribution in [0.1, 0.15) is 36.2 Å². The van der Waals surface area contributed by atoms with E-state index >= 15 is 0 Å². The second kappa shape index (κ2) is 8.50. The molecule has 0 radical (unpaired) electrons. The van der Waals surface area contributed by atoms with E-state index in [1.54, 1.807) is 31.2 Å². The largest absolute Gasteiger partial charge is 0.494 e. The van der Waals surface area contributed by atoms with Crippen molar-refractivity contribution in [2.75, 3.05) is 13.2 Å². The quantitative estimate of drug-likeness (QED) is 0.783. The first-order chi connectivity index (χ1) is 11.5. The van der Waals surface area contributed by atoms with Crippen molar-refractivity contribution in [3.63, 3.8) is 0 Å². The summed E-state index contributed by atoms with van der Waals surface area (Å²) in [5.41, 5.74) is 0.782. The van der Waals surface area contributed by atoms with E-state index in [1.165, 1.54) is 5.56 Å². The maximum absolute atomic E-state index is 12.2. The number of amides is 1. The summed E-state index contributed by atoms with van der Waals surface area (Å²) in [7, 11) is 0. The van der Waals surface area contributed by atoms with Gasteiger partial charge in [-0.3, -0.25) is 4.79 Å². The molecule has 1 unspecified atom stereocenters. The minimum absolute atomic E-state index is 0.196. The van der Waals surface area contributed by atoms with E-state index in [0.717, 1.165) is 12.2 Å². The maximum atomic E-state index is 12.2. The Balaban J connectivity index is 1.83. The third kappa shape index (κ3) is 5.70. The average Bonchev–Trinajstić information content (AvgIpc) is 2.60. The monoisotopic (exact) mass is 327 g/mol. The van der Waals surface area contributed by atoms with Crippen LogP contribution in [0.5, 0.6) is 5.75 Å². The van der Waals surface area contributed by atoms with Gasteiger partial charge >= 0.3 is 0 Å². The van der Waals surface area contributed by atoms with E-state index in [1.807, 2.05) is 37.3 Å². The lowest BCUT2D eigenvalue weighted by molar-refractivity contribution is 0.0478. The van der Waals surface area contributed by atoms with Crippen LogP contribution in [0.4, 0.5) is 0 Å². The van der Waals surface area contributed by atoms with Gasteiger partial charge in [0.25, 0.3) is 5.91 Å². The predicted octanol–water partition coefficient (Wildman–Crippen LogP) is 3.20. The Morgan fingerprint density at radius 3 is 2.42 bits per heavy atom. The molecule has 1 atom stereocenters. The highest BCUT2D eigenvalue weighted by Crippen LogP contribution is 2.15. The minimum Gasteiger partial charge on any atom is -0.494 e. The summed E-state index contributed by atoms with van der Waals surface area (Å²) < 4.78 is 5.36. The highest BCUT2D eigenvalue weighted by atomic mass is 16.5. The molecule has 24 heavy (non-hydrogen) atoms. The molecule has 2 aromatic carbocycles. The number of hydrogen-bond donors (Lipinski definition) is 2. The molecule has 0 heterocycles. The van der Waals surface area contributed by atoms with Gasteiger partial charge in [-0.1, -0.05) is 30.3 Å². The molecular weight excluding hydrogens is 302 g/mol. The first-order valence-electron chi connectivity index (χ1n) is 8.27. The SMILES string of the molecule is CCOc1ccc(C(=O)NCC(C)(O)CCc2ccccc2)cc1. The Labute approximate surface area is 143 Å². The number of nitrogens with one attached hydrogen (secondary N) is 1. The van der Waals surface area contributed by atoms with Crippen molar-refractivity contribution in [1.82, 2.24) is 5.32 Å². The average molecular weight is 327 g/mol.